The van der Waals surface area contributed by atoms with E-state index in [1.165, 1.54) is 13.2 Å². The van der Waals surface area contributed by atoms with E-state index in [9.17, 15) is 9.59 Å². The van der Waals surface area contributed by atoms with Gasteiger partial charge in [-0.05, 0) is 18.3 Å². The van der Waals surface area contributed by atoms with E-state index in [-0.39, 0.29) is 29.2 Å². The fourth-order valence-corrected chi connectivity index (χ4v) is 3.13. The van der Waals surface area contributed by atoms with Gasteiger partial charge in [0.25, 0.3) is 0 Å². The summed E-state index contributed by atoms with van der Waals surface area (Å²) in [5.41, 5.74) is -0.594. The number of ether oxygens (including phenoxy) is 1. The summed E-state index contributed by atoms with van der Waals surface area (Å²) < 4.78 is 5.06. The van der Waals surface area contributed by atoms with Gasteiger partial charge in [-0.3, -0.25) is 9.59 Å². The number of carbonyl (C=O) groups is 2. The van der Waals surface area contributed by atoms with Crippen molar-refractivity contribution in [1.82, 2.24) is 0 Å². The van der Waals surface area contributed by atoms with Gasteiger partial charge in [0.2, 0.25) is 5.78 Å². The second-order valence-electron chi connectivity index (χ2n) is 5.79. The summed E-state index contributed by atoms with van der Waals surface area (Å²) in [7, 11) is 1.45. The molecule has 2 aliphatic rings. The summed E-state index contributed by atoms with van der Waals surface area (Å²) in [6, 6.07) is 0. The molecule has 0 bridgehead atoms. The highest BCUT2D eigenvalue weighted by Gasteiger charge is 2.52. The molecule has 0 aliphatic heterocycles. The molecule has 0 aromatic carbocycles. The summed E-state index contributed by atoms with van der Waals surface area (Å²) in [4.78, 5) is 24.8. The molecule has 0 saturated heterocycles. The molecule has 2 rings (SSSR count). The van der Waals surface area contributed by atoms with E-state index in [0.29, 0.717) is 12.3 Å². The molecule has 0 N–H and O–H groups in total. The first-order valence-electron chi connectivity index (χ1n) is 6.43. The zero-order chi connectivity index (χ0) is 13.5. The van der Waals surface area contributed by atoms with Crippen LogP contribution in [0.3, 0.4) is 0 Å². The lowest BCUT2D eigenvalue weighted by Crippen LogP contribution is -2.49. The zero-order valence-corrected chi connectivity index (χ0v) is 11.4. The van der Waals surface area contributed by atoms with Crippen molar-refractivity contribution < 1.29 is 14.3 Å². The van der Waals surface area contributed by atoms with Crippen molar-refractivity contribution in [3.8, 4) is 0 Å². The van der Waals surface area contributed by atoms with Gasteiger partial charge in [0.05, 0.1) is 7.11 Å². The van der Waals surface area contributed by atoms with Gasteiger partial charge in [0, 0.05) is 17.4 Å². The highest BCUT2D eigenvalue weighted by atomic mass is 16.5. The molecule has 98 valence electrons. The maximum absolute atomic E-state index is 12.5. The molecule has 0 heterocycles. The predicted octanol–water partition coefficient (Wildman–Crippen LogP) is 2.52. The van der Waals surface area contributed by atoms with Crippen LogP contribution in [0.4, 0.5) is 0 Å². The normalized spacial score (nSPS) is 35.5. The third-order valence-electron chi connectivity index (χ3n) is 4.31. The molecule has 3 unspecified atom stereocenters. The highest BCUT2D eigenvalue weighted by molar-refractivity contribution is 6.11. The van der Waals surface area contributed by atoms with Crippen LogP contribution in [-0.2, 0) is 14.3 Å². The van der Waals surface area contributed by atoms with Crippen LogP contribution < -0.4 is 0 Å². The van der Waals surface area contributed by atoms with E-state index in [0.717, 1.165) is 0 Å². The topological polar surface area (TPSA) is 43.4 Å². The van der Waals surface area contributed by atoms with Crippen LogP contribution in [0, 0.1) is 23.2 Å². The Labute approximate surface area is 108 Å². The van der Waals surface area contributed by atoms with Gasteiger partial charge in [0.15, 0.2) is 11.5 Å². The molecule has 0 saturated carbocycles. The molecule has 0 amide bonds. The molecule has 0 aromatic rings. The van der Waals surface area contributed by atoms with Crippen molar-refractivity contribution in [3.63, 3.8) is 0 Å². The van der Waals surface area contributed by atoms with Crippen molar-refractivity contribution in [2.24, 2.45) is 23.2 Å². The molecule has 0 fully saturated rings. The summed E-state index contributed by atoms with van der Waals surface area (Å²) in [6.45, 7) is 6.08. The van der Waals surface area contributed by atoms with Gasteiger partial charge in [-0.1, -0.05) is 32.9 Å². The maximum atomic E-state index is 12.5. The quantitative estimate of drug-likeness (QED) is 0.705. The number of allylic oxidation sites excluding steroid dienone is 4. The maximum Gasteiger partial charge on any atom is 0.202 e. The van der Waals surface area contributed by atoms with Crippen LogP contribution in [0.15, 0.2) is 24.0 Å². The number of hydrogen-bond acceptors (Lipinski definition) is 3. The first kappa shape index (κ1) is 13.1. The fraction of sp³-hybridized carbons (Fsp3) is 0.600. The van der Waals surface area contributed by atoms with Gasteiger partial charge in [-0.15, -0.1) is 0 Å². The third kappa shape index (κ3) is 1.73. The second kappa shape index (κ2) is 4.38. The van der Waals surface area contributed by atoms with Crippen molar-refractivity contribution in [1.29, 1.82) is 0 Å². The Morgan fingerprint density at radius 3 is 2.61 bits per heavy atom. The predicted molar refractivity (Wildman–Crippen MR) is 68.8 cm³/mol. The van der Waals surface area contributed by atoms with Crippen molar-refractivity contribution >= 4 is 11.6 Å². The minimum Gasteiger partial charge on any atom is -0.493 e. The summed E-state index contributed by atoms with van der Waals surface area (Å²) in [5.74, 6) is 0.359. The Hall–Kier alpha value is -1.38. The minimum atomic E-state index is -0.594. The van der Waals surface area contributed by atoms with Crippen LogP contribution >= 0.6 is 0 Å². The molecule has 3 nitrogen and oxygen atoms in total. The minimum absolute atomic E-state index is 0.0129. The Bertz CT molecular complexity index is 445. The Kier molecular flexibility index (Phi) is 3.18. The number of rotatable bonds is 2. The van der Waals surface area contributed by atoms with E-state index < -0.39 is 5.41 Å². The summed E-state index contributed by atoms with van der Waals surface area (Å²) >= 11 is 0. The van der Waals surface area contributed by atoms with Crippen LogP contribution in [0.2, 0.25) is 0 Å². The van der Waals surface area contributed by atoms with Gasteiger partial charge < -0.3 is 4.74 Å². The third-order valence-corrected chi connectivity index (χ3v) is 4.31. The van der Waals surface area contributed by atoms with Crippen LogP contribution in [0.25, 0.3) is 0 Å². The fourth-order valence-electron chi connectivity index (χ4n) is 3.13. The van der Waals surface area contributed by atoms with Gasteiger partial charge in [-0.2, -0.15) is 0 Å². The summed E-state index contributed by atoms with van der Waals surface area (Å²) in [6.07, 6.45) is 6.13. The number of ketones is 2. The van der Waals surface area contributed by atoms with E-state index >= 15 is 0 Å². The van der Waals surface area contributed by atoms with E-state index in [1.54, 1.807) is 0 Å². The average Bonchev–Trinajstić information content (AvgIpc) is 2.33. The molecule has 3 atom stereocenters. The van der Waals surface area contributed by atoms with Crippen molar-refractivity contribution in [2.45, 2.75) is 27.2 Å². The Morgan fingerprint density at radius 1 is 1.39 bits per heavy atom. The molecule has 0 spiro atoms. The zero-order valence-electron chi connectivity index (χ0n) is 11.4. The lowest BCUT2D eigenvalue weighted by molar-refractivity contribution is -0.141. The molecule has 2 aliphatic carbocycles. The molecular weight excluding hydrogens is 228 g/mol. The molecule has 3 heteroatoms. The largest absolute Gasteiger partial charge is 0.493 e. The second-order valence-corrected chi connectivity index (χ2v) is 5.79. The number of carbonyl (C=O) groups excluding carboxylic acids is 2. The first-order valence-corrected chi connectivity index (χ1v) is 6.43. The smallest absolute Gasteiger partial charge is 0.202 e. The van der Waals surface area contributed by atoms with E-state index in [1.807, 2.05) is 13.0 Å². The van der Waals surface area contributed by atoms with Crippen LogP contribution in [0.1, 0.15) is 27.2 Å². The number of hydrogen-bond donors (Lipinski definition) is 0. The SMILES string of the molecule is COC1=CC(=O)C2(C)CC=CC(C(C)C)C2C1=O. The van der Waals surface area contributed by atoms with Crippen molar-refractivity contribution in [3.05, 3.63) is 24.0 Å². The van der Waals surface area contributed by atoms with E-state index in [2.05, 4.69) is 19.9 Å². The Balaban J connectivity index is 2.51. The molecule has 0 aromatic heterocycles. The summed E-state index contributed by atoms with van der Waals surface area (Å²) in [5, 5.41) is 0. The van der Waals surface area contributed by atoms with Gasteiger partial charge >= 0.3 is 0 Å². The lowest BCUT2D eigenvalue weighted by Gasteiger charge is -2.44. The molecular formula is C15H20O3. The lowest BCUT2D eigenvalue weighted by atomic mass is 9.57. The van der Waals surface area contributed by atoms with Crippen molar-refractivity contribution in [2.75, 3.05) is 7.11 Å². The average molecular weight is 248 g/mol. The highest BCUT2D eigenvalue weighted by Crippen LogP contribution is 2.48. The molecule has 0 radical (unpaired) electrons. The van der Waals surface area contributed by atoms with Crippen LogP contribution in [-0.4, -0.2) is 18.7 Å². The van der Waals surface area contributed by atoms with E-state index in [4.69, 9.17) is 4.74 Å². The Morgan fingerprint density at radius 2 is 2.06 bits per heavy atom. The number of methoxy groups -OCH3 is 1. The van der Waals surface area contributed by atoms with Gasteiger partial charge in [0.1, 0.15) is 0 Å². The first-order chi connectivity index (χ1) is 8.41. The monoisotopic (exact) mass is 248 g/mol. The number of fused-ring (bicyclic) bond motifs is 1. The standard InChI is InChI=1S/C15H20O3/c1-9(2)10-6-5-7-15(3)12(16)8-11(18-4)14(17)13(10)15/h5-6,8-10,13H,7H2,1-4H3. The van der Waals surface area contributed by atoms with Crippen LogP contribution in [0.5, 0.6) is 0 Å². The van der Waals surface area contributed by atoms with Gasteiger partial charge in [-0.25, -0.2) is 0 Å². The number of Topliss-reactive ketones (excluding diaryl/α,β-unsaturated/α-hetero) is 1. The molecule has 18 heavy (non-hydrogen) atoms.